The predicted molar refractivity (Wildman–Crippen MR) is 51.6 cm³/mol. The largest absolute Gasteiger partial charge is 0.325 e. The number of nitrogens with zero attached hydrogens (tertiary/aromatic N) is 1. The van der Waals surface area contributed by atoms with Crippen LogP contribution >= 0.6 is 0 Å². The zero-order valence-corrected chi connectivity index (χ0v) is 8.03. The summed E-state index contributed by atoms with van der Waals surface area (Å²) >= 11 is 0. The summed E-state index contributed by atoms with van der Waals surface area (Å²) in [6.07, 6.45) is 5.22. The average molecular weight is 194 g/mol. The van der Waals surface area contributed by atoms with Gasteiger partial charge in [0.1, 0.15) is 6.04 Å². The number of rotatable bonds is 3. The molecule has 1 aliphatic heterocycles. The van der Waals surface area contributed by atoms with Crippen LogP contribution in [-0.4, -0.2) is 28.9 Å². The Bertz CT molecular complexity index is 284. The van der Waals surface area contributed by atoms with Gasteiger partial charge in [-0.25, -0.2) is 4.79 Å². The van der Waals surface area contributed by atoms with Crippen LogP contribution in [-0.2, 0) is 4.79 Å². The van der Waals surface area contributed by atoms with Crippen LogP contribution in [0.4, 0.5) is 4.79 Å². The van der Waals surface area contributed by atoms with Crippen LogP contribution in [0.1, 0.15) is 25.7 Å². The Morgan fingerprint density at radius 3 is 2.71 bits per heavy atom. The zero-order chi connectivity index (χ0) is 10.1. The number of hydrogen-bond acceptors (Lipinski definition) is 2. The minimum Gasteiger partial charge on any atom is -0.325 e. The fraction of sp³-hybridized carbons (Fsp3) is 0.600. The summed E-state index contributed by atoms with van der Waals surface area (Å²) in [5.74, 6) is -0.0837. The van der Waals surface area contributed by atoms with Gasteiger partial charge in [0.2, 0.25) is 0 Å². The van der Waals surface area contributed by atoms with Crippen molar-refractivity contribution in [1.29, 1.82) is 0 Å². The number of nitrogens with one attached hydrogen (secondary N) is 1. The summed E-state index contributed by atoms with van der Waals surface area (Å²) in [7, 11) is 0. The molecule has 1 heterocycles. The molecule has 2 aliphatic rings. The van der Waals surface area contributed by atoms with E-state index in [-0.39, 0.29) is 24.0 Å². The second kappa shape index (κ2) is 3.44. The summed E-state index contributed by atoms with van der Waals surface area (Å²) in [5.41, 5.74) is 0. The van der Waals surface area contributed by atoms with E-state index in [4.69, 9.17) is 0 Å². The van der Waals surface area contributed by atoms with Crippen LogP contribution in [0.3, 0.4) is 0 Å². The van der Waals surface area contributed by atoms with Gasteiger partial charge in [-0.1, -0.05) is 6.08 Å². The Hall–Kier alpha value is -1.32. The minimum absolute atomic E-state index is 0.0837. The van der Waals surface area contributed by atoms with E-state index in [1.165, 1.54) is 4.90 Å². The Labute approximate surface area is 83.0 Å². The molecule has 1 aliphatic carbocycles. The molecule has 0 aromatic carbocycles. The van der Waals surface area contributed by atoms with Gasteiger partial charge in [-0.05, 0) is 25.7 Å². The minimum atomic E-state index is -0.374. The molecule has 0 radical (unpaired) electrons. The molecule has 1 N–H and O–H groups in total. The van der Waals surface area contributed by atoms with E-state index >= 15 is 0 Å². The lowest BCUT2D eigenvalue weighted by atomic mass is 9.91. The second-order valence-electron chi connectivity index (χ2n) is 3.82. The van der Waals surface area contributed by atoms with Gasteiger partial charge < -0.3 is 5.32 Å². The number of carbonyl (C=O) groups is 2. The Morgan fingerprint density at radius 1 is 1.50 bits per heavy atom. The molecule has 0 spiro atoms. The molecule has 4 heteroatoms. The first kappa shape index (κ1) is 9.24. The summed E-state index contributed by atoms with van der Waals surface area (Å²) in [6.45, 7) is 3.57. The van der Waals surface area contributed by atoms with Gasteiger partial charge in [0.15, 0.2) is 0 Å². The van der Waals surface area contributed by atoms with E-state index in [0.29, 0.717) is 6.42 Å². The van der Waals surface area contributed by atoms with Crippen molar-refractivity contribution in [1.82, 2.24) is 10.2 Å². The highest BCUT2D eigenvalue weighted by Gasteiger charge is 2.42. The third kappa shape index (κ3) is 1.31. The van der Waals surface area contributed by atoms with Crippen LogP contribution in [0, 0.1) is 0 Å². The molecule has 3 amide bonds. The first-order valence-electron chi connectivity index (χ1n) is 4.98. The molecule has 1 saturated heterocycles. The Kier molecular flexibility index (Phi) is 2.27. The highest BCUT2D eigenvalue weighted by molar-refractivity contribution is 6.04. The molecule has 0 aromatic rings. The lowest BCUT2D eigenvalue weighted by molar-refractivity contribution is -0.130. The molecule has 14 heavy (non-hydrogen) atoms. The predicted octanol–water partition coefficient (Wildman–Crippen LogP) is 1.04. The maximum absolute atomic E-state index is 11.7. The molecule has 76 valence electrons. The topological polar surface area (TPSA) is 49.4 Å². The van der Waals surface area contributed by atoms with Crippen molar-refractivity contribution in [3.8, 4) is 0 Å². The van der Waals surface area contributed by atoms with E-state index in [1.54, 1.807) is 6.08 Å². The monoisotopic (exact) mass is 194 g/mol. The molecule has 4 nitrogen and oxygen atoms in total. The number of amides is 3. The van der Waals surface area contributed by atoms with Crippen LogP contribution in [0.25, 0.3) is 0 Å². The smallest absolute Gasteiger partial charge is 0.325 e. The molecular formula is C10H14N2O2. The highest BCUT2D eigenvalue weighted by atomic mass is 16.2. The fourth-order valence-electron chi connectivity index (χ4n) is 1.87. The van der Waals surface area contributed by atoms with Crippen LogP contribution in [0.2, 0.25) is 0 Å². The average Bonchev–Trinajstić information content (AvgIpc) is 2.31. The van der Waals surface area contributed by atoms with E-state index < -0.39 is 0 Å². The standard InChI is InChI=1S/C10H14N2O2/c1-2-4-8-9(13)12(10(14)11-8)7-5-3-6-7/h2,7-8H,1,3-6H2,(H,11,14). The molecule has 1 saturated carbocycles. The molecule has 0 aromatic heterocycles. The van der Waals surface area contributed by atoms with Crippen molar-refractivity contribution in [3.05, 3.63) is 12.7 Å². The van der Waals surface area contributed by atoms with Crippen LogP contribution in [0.5, 0.6) is 0 Å². The maximum Gasteiger partial charge on any atom is 0.325 e. The SMILES string of the molecule is C=CCC1NC(=O)N(C2CCC2)C1=O. The Balaban J connectivity index is 2.07. The van der Waals surface area contributed by atoms with Crippen molar-refractivity contribution < 1.29 is 9.59 Å². The fourth-order valence-corrected chi connectivity index (χ4v) is 1.87. The van der Waals surface area contributed by atoms with Crippen molar-refractivity contribution in [2.75, 3.05) is 0 Å². The lowest BCUT2D eigenvalue weighted by Crippen LogP contribution is -2.44. The zero-order valence-electron chi connectivity index (χ0n) is 8.03. The van der Waals surface area contributed by atoms with E-state index in [2.05, 4.69) is 11.9 Å². The summed E-state index contributed by atoms with van der Waals surface area (Å²) < 4.78 is 0. The van der Waals surface area contributed by atoms with Crippen LogP contribution in [0.15, 0.2) is 12.7 Å². The molecule has 2 fully saturated rings. The summed E-state index contributed by atoms with van der Waals surface area (Å²) in [4.78, 5) is 24.6. The molecule has 1 unspecified atom stereocenters. The van der Waals surface area contributed by atoms with E-state index in [1.807, 2.05) is 0 Å². The summed E-state index contributed by atoms with van der Waals surface area (Å²) in [5, 5.41) is 2.67. The number of imide groups is 1. The van der Waals surface area contributed by atoms with Crippen molar-refractivity contribution in [3.63, 3.8) is 0 Å². The third-order valence-corrected chi connectivity index (χ3v) is 2.89. The maximum atomic E-state index is 11.7. The third-order valence-electron chi connectivity index (χ3n) is 2.89. The first-order valence-corrected chi connectivity index (χ1v) is 4.98. The first-order chi connectivity index (χ1) is 6.74. The summed E-state index contributed by atoms with van der Waals surface area (Å²) in [6, 6.07) is -0.454. The number of urea groups is 1. The quantitative estimate of drug-likeness (QED) is 0.539. The van der Waals surface area contributed by atoms with Gasteiger partial charge >= 0.3 is 6.03 Å². The van der Waals surface area contributed by atoms with Crippen molar-refractivity contribution >= 4 is 11.9 Å². The number of carbonyl (C=O) groups excluding carboxylic acids is 2. The van der Waals surface area contributed by atoms with E-state index in [0.717, 1.165) is 19.3 Å². The van der Waals surface area contributed by atoms with Gasteiger partial charge in [0, 0.05) is 6.04 Å². The molecule has 2 rings (SSSR count). The van der Waals surface area contributed by atoms with Gasteiger partial charge in [-0.3, -0.25) is 9.69 Å². The lowest BCUT2D eigenvalue weighted by Gasteiger charge is -2.32. The Morgan fingerprint density at radius 2 is 2.21 bits per heavy atom. The van der Waals surface area contributed by atoms with Crippen molar-refractivity contribution in [2.45, 2.75) is 37.8 Å². The van der Waals surface area contributed by atoms with Crippen molar-refractivity contribution in [2.24, 2.45) is 0 Å². The van der Waals surface area contributed by atoms with Gasteiger partial charge in [0.05, 0.1) is 0 Å². The normalized spacial score (nSPS) is 27.4. The second-order valence-corrected chi connectivity index (χ2v) is 3.82. The molecular weight excluding hydrogens is 180 g/mol. The molecule has 1 atom stereocenters. The van der Waals surface area contributed by atoms with Gasteiger partial charge in [-0.2, -0.15) is 0 Å². The van der Waals surface area contributed by atoms with Gasteiger partial charge in [0.25, 0.3) is 5.91 Å². The van der Waals surface area contributed by atoms with Crippen LogP contribution < -0.4 is 5.32 Å². The van der Waals surface area contributed by atoms with Gasteiger partial charge in [-0.15, -0.1) is 6.58 Å². The van der Waals surface area contributed by atoms with E-state index in [9.17, 15) is 9.59 Å². The highest BCUT2D eigenvalue weighted by Crippen LogP contribution is 2.27. The molecule has 0 bridgehead atoms. The number of hydrogen-bond donors (Lipinski definition) is 1.